The Morgan fingerprint density at radius 3 is 2.62 bits per heavy atom. The summed E-state index contributed by atoms with van der Waals surface area (Å²) in [6.07, 6.45) is 0.313. The minimum atomic E-state index is -1.09. The maximum absolute atomic E-state index is 13.6. The average Bonchev–Trinajstić information content (AvgIpc) is 2.56. The molecule has 1 heterocycles. The van der Waals surface area contributed by atoms with Crippen LogP contribution in [0.15, 0.2) is 41.0 Å². The molecule has 1 aromatic carbocycles. The number of halogens is 2. The van der Waals surface area contributed by atoms with E-state index < -0.39 is 23.5 Å². The lowest BCUT2D eigenvalue weighted by atomic mass is 9.82. The number of nitrogens with zero attached hydrogens (tertiary/aromatic N) is 1. The number of hydrogen-bond donors (Lipinski definition) is 1. The van der Waals surface area contributed by atoms with E-state index in [0.29, 0.717) is 6.42 Å². The smallest absolute Gasteiger partial charge is 0.338 e. The Balaban J connectivity index is 2.68. The van der Waals surface area contributed by atoms with E-state index >= 15 is 0 Å². The summed E-state index contributed by atoms with van der Waals surface area (Å²) in [5, 5.41) is 9.40. The minimum absolute atomic E-state index is 0.0544. The third kappa shape index (κ3) is 3.08. The van der Waals surface area contributed by atoms with Gasteiger partial charge in [0.15, 0.2) is 11.6 Å². The molecule has 1 aliphatic rings. The molecule has 0 spiro atoms. The largest absolute Gasteiger partial charge is 0.463 e. The zero-order chi connectivity index (χ0) is 17.9. The molecule has 2 rings (SSSR count). The molecule has 126 valence electrons. The van der Waals surface area contributed by atoms with Gasteiger partial charge in [-0.15, -0.1) is 0 Å². The van der Waals surface area contributed by atoms with E-state index in [9.17, 15) is 18.8 Å². The standard InChI is InChI=1S/C17H16F2N2O3/c1-3-13-15(17(22)23-4-2)14(10(8-20)16(21)24-13)9-5-6-11(18)12(19)7-9/h5-7,14H,3-4,21H2,1-2H3. The molecule has 1 unspecified atom stereocenters. The number of hydrogen-bond acceptors (Lipinski definition) is 5. The summed E-state index contributed by atoms with van der Waals surface area (Å²) in [6, 6.07) is 5.04. The monoisotopic (exact) mass is 334 g/mol. The van der Waals surface area contributed by atoms with Crippen LogP contribution in [0.2, 0.25) is 0 Å². The van der Waals surface area contributed by atoms with E-state index in [1.165, 1.54) is 6.07 Å². The van der Waals surface area contributed by atoms with Crippen molar-refractivity contribution < 1.29 is 23.0 Å². The molecule has 1 aromatic rings. The van der Waals surface area contributed by atoms with Gasteiger partial charge in [0.2, 0.25) is 5.88 Å². The van der Waals surface area contributed by atoms with Gasteiger partial charge in [0.25, 0.3) is 0 Å². The van der Waals surface area contributed by atoms with Gasteiger partial charge < -0.3 is 15.2 Å². The van der Waals surface area contributed by atoms with E-state index in [1.54, 1.807) is 13.8 Å². The number of allylic oxidation sites excluding steroid dienone is 2. The molecule has 2 N–H and O–H groups in total. The summed E-state index contributed by atoms with van der Waals surface area (Å²) in [4.78, 5) is 12.4. The van der Waals surface area contributed by atoms with Gasteiger partial charge in [-0.1, -0.05) is 13.0 Å². The molecule has 0 aliphatic carbocycles. The van der Waals surface area contributed by atoms with Crippen molar-refractivity contribution in [2.45, 2.75) is 26.2 Å². The third-order valence-electron chi connectivity index (χ3n) is 3.59. The summed E-state index contributed by atoms with van der Waals surface area (Å²) < 4.78 is 37.3. The van der Waals surface area contributed by atoms with E-state index in [0.717, 1.165) is 12.1 Å². The number of esters is 1. The van der Waals surface area contributed by atoms with E-state index in [2.05, 4.69) is 0 Å². The summed E-state index contributed by atoms with van der Waals surface area (Å²) >= 11 is 0. The maximum Gasteiger partial charge on any atom is 0.338 e. The predicted octanol–water partition coefficient (Wildman–Crippen LogP) is 3.00. The zero-order valence-corrected chi connectivity index (χ0v) is 13.2. The quantitative estimate of drug-likeness (QED) is 0.856. The second kappa shape index (κ2) is 7.13. The molecule has 7 heteroatoms. The summed E-state index contributed by atoms with van der Waals surface area (Å²) in [6.45, 7) is 3.49. The van der Waals surface area contributed by atoms with Crippen molar-refractivity contribution in [3.63, 3.8) is 0 Å². The van der Waals surface area contributed by atoms with Crippen LogP contribution in [0.4, 0.5) is 8.78 Å². The lowest BCUT2D eigenvalue weighted by Crippen LogP contribution is -2.26. The van der Waals surface area contributed by atoms with Crippen LogP contribution in [0.3, 0.4) is 0 Å². The van der Waals surface area contributed by atoms with Crippen molar-refractivity contribution in [1.29, 1.82) is 5.26 Å². The van der Waals surface area contributed by atoms with Crippen LogP contribution in [0.25, 0.3) is 0 Å². The first-order valence-corrected chi connectivity index (χ1v) is 7.37. The second-order valence-corrected chi connectivity index (χ2v) is 5.01. The van der Waals surface area contributed by atoms with Crippen LogP contribution in [0.5, 0.6) is 0 Å². The Kier molecular flexibility index (Phi) is 5.19. The van der Waals surface area contributed by atoms with Crippen molar-refractivity contribution >= 4 is 5.97 Å². The Morgan fingerprint density at radius 2 is 2.08 bits per heavy atom. The van der Waals surface area contributed by atoms with Crippen molar-refractivity contribution in [3.05, 3.63) is 58.2 Å². The van der Waals surface area contributed by atoms with Gasteiger partial charge in [-0.05, 0) is 24.6 Å². The second-order valence-electron chi connectivity index (χ2n) is 5.01. The normalized spacial score (nSPS) is 17.4. The van der Waals surface area contributed by atoms with Crippen LogP contribution in [0, 0.1) is 23.0 Å². The van der Waals surface area contributed by atoms with Crippen molar-refractivity contribution in [1.82, 2.24) is 0 Å². The SMILES string of the molecule is CCOC(=O)C1=C(CC)OC(N)=C(C#N)C1c1ccc(F)c(F)c1. The molecule has 0 saturated carbocycles. The number of nitrogens with two attached hydrogens (primary N) is 1. The highest BCUT2D eigenvalue weighted by atomic mass is 19.2. The van der Waals surface area contributed by atoms with Crippen LogP contribution >= 0.6 is 0 Å². The third-order valence-corrected chi connectivity index (χ3v) is 3.59. The summed E-state index contributed by atoms with van der Waals surface area (Å²) in [5.41, 5.74) is 5.99. The van der Waals surface area contributed by atoms with Gasteiger partial charge >= 0.3 is 5.97 Å². The molecule has 5 nitrogen and oxygen atoms in total. The topological polar surface area (TPSA) is 85.3 Å². The molecule has 0 radical (unpaired) electrons. The van der Waals surface area contributed by atoms with E-state index in [1.807, 2.05) is 6.07 Å². The molecule has 0 bridgehead atoms. The number of benzene rings is 1. The van der Waals surface area contributed by atoms with E-state index in [4.69, 9.17) is 15.2 Å². The van der Waals surface area contributed by atoms with Crippen molar-refractivity contribution in [2.75, 3.05) is 6.61 Å². The first-order valence-electron chi connectivity index (χ1n) is 7.37. The van der Waals surface area contributed by atoms with Gasteiger partial charge in [0.1, 0.15) is 17.4 Å². The Bertz CT molecular complexity index is 779. The lowest BCUT2D eigenvalue weighted by molar-refractivity contribution is -0.139. The zero-order valence-electron chi connectivity index (χ0n) is 13.2. The Labute approximate surface area is 138 Å². The number of rotatable bonds is 4. The molecule has 0 aromatic heterocycles. The van der Waals surface area contributed by atoms with Crippen LogP contribution < -0.4 is 5.73 Å². The fourth-order valence-electron chi connectivity index (χ4n) is 2.54. The van der Waals surface area contributed by atoms with Crippen molar-refractivity contribution in [2.24, 2.45) is 5.73 Å². The van der Waals surface area contributed by atoms with Crippen LogP contribution in [0.1, 0.15) is 31.7 Å². The molecule has 1 aliphatic heterocycles. The maximum atomic E-state index is 13.6. The number of carbonyl (C=O) groups excluding carboxylic acids is 1. The summed E-state index contributed by atoms with van der Waals surface area (Å²) in [5.74, 6) is -3.72. The molecule has 0 saturated heterocycles. The van der Waals surface area contributed by atoms with Crippen molar-refractivity contribution in [3.8, 4) is 6.07 Å². The van der Waals surface area contributed by atoms with Crippen LogP contribution in [-0.2, 0) is 14.3 Å². The highest BCUT2D eigenvalue weighted by Gasteiger charge is 2.37. The minimum Gasteiger partial charge on any atom is -0.463 e. The highest BCUT2D eigenvalue weighted by Crippen LogP contribution is 2.40. The molecular formula is C17H16F2N2O3. The summed E-state index contributed by atoms with van der Waals surface area (Å²) in [7, 11) is 0. The first-order chi connectivity index (χ1) is 11.4. The van der Waals surface area contributed by atoms with Gasteiger partial charge in [-0.25, -0.2) is 13.6 Å². The fourth-order valence-corrected chi connectivity index (χ4v) is 2.54. The van der Waals surface area contributed by atoms with Gasteiger partial charge in [-0.3, -0.25) is 0 Å². The van der Waals surface area contributed by atoms with Gasteiger partial charge in [0, 0.05) is 6.42 Å². The highest BCUT2D eigenvalue weighted by molar-refractivity contribution is 5.92. The molecule has 1 atom stereocenters. The number of ether oxygens (including phenoxy) is 2. The Morgan fingerprint density at radius 1 is 1.38 bits per heavy atom. The predicted molar refractivity (Wildman–Crippen MR) is 81.0 cm³/mol. The molecule has 0 amide bonds. The molecule has 0 fully saturated rings. The van der Waals surface area contributed by atoms with Gasteiger partial charge in [-0.2, -0.15) is 5.26 Å². The first kappa shape index (κ1) is 17.5. The lowest BCUT2D eigenvalue weighted by Gasteiger charge is -2.27. The van der Waals surface area contributed by atoms with Gasteiger partial charge in [0.05, 0.1) is 18.1 Å². The molecule has 24 heavy (non-hydrogen) atoms. The average molecular weight is 334 g/mol. The fraction of sp³-hybridized carbons (Fsp3) is 0.294. The molecular weight excluding hydrogens is 318 g/mol. The Hall–Kier alpha value is -2.88. The van der Waals surface area contributed by atoms with Crippen LogP contribution in [-0.4, -0.2) is 12.6 Å². The number of carbonyl (C=O) groups is 1. The number of nitriles is 1. The van der Waals surface area contributed by atoms with E-state index in [-0.39, 0.29) is 35.0 Å².